The zero-order valence-corrected chi connectivity index (χ0v) is 12.8. The molecule has 0 bridgehead atoms. The normalized spacial score (nSPS) is 12.1. The number of carboxylic acids is 1. The highest BCUT2D eigenvalue weighted by Crippen LogP contribution is 2.09. The van der Waals surface area contributed by atoms with Gasteiger partial charge in [-0.1, -0.05) is 0 Å². The van der Waals surface area contributed by atoms with Crippen LogP contribution in [0.3, 0.4) is 0 Å². The van der Waals surface area contributed by atoms with Crippen LogP contribution in [0.15, 0.2) is 18.5 Å². The van der Waals surface area contributed by atoms with Crippen LogP contribution < -0.4 is 5.32 Å². The van der Waals surface area contributed by atoms with Gasteiger partial charge < -0.3 is 10.4 Å². The van der Waals surface area contributed by atoms with Crippen molar-refractivity contribution in [2.45, 2.75) is 39.9 Å². The van der Waals surface area contributed by atoms with Crippen LogP contribution in [0.5, 0.6) is 0 Å². The Morgan fingerprint density at radius 3 is 2.68 bits per heavy atom. The van der Waals surface area contributed by atoms with E-state index in [0.717, 1.165) is 17.8 Å². The van der Waals surface area contributed by atoms with Crippen LogP contribution in [0.25, 0.3) is 0 Å². The molecule has 0 aliphatic carbocycles. The van der Waals surface area contributed by atoms with Crippen LogP contribution in [0.2, 0.25) is 0 Å². The lowest BCUT2D eigenvalue weighted by Crippen LogP contribution is -2.31. The predicted octanol–water partition coefficient (Wildman–Crippen LogP) is 0.984. The monoisotopic (exact) mass is 305 g/mol. The summed E-state index contributed by atoms with van der Waals surface area (Å²) in [6.07, 6.45) is 3.38. The van der Waals surface area contributed by atoms with Crippen molar-refractivity contribution in [2.75, 3.05) is 0 Å². The van der Waals surface area contributed by atoms with Gasteiger partial charge in [-0.15, -0.1) is 0 Å². The smallest absolute Gasteiger partial charge is 0.356 e. The molecule has 2 N–H and O–H groups in total. The minimum atomic E-state index is -1.12. The summed E-state index contributed by atoms with van der Waals surface area (Å²) >= 11 is 0. The molecular formula is C14H19N5O3. The lowest BCUT2D eigenvalue weighted by Gasteiger charge is -2.12. The molecule has 22 heavy (non-hydrogen) atoms. The van der Waals surface area contributed by atoms with Crippen LogP contribution >= 0.6 is 0 Å². The SMILES string of the molecule is CCn1cc(CNC(=O)C(C)n2ccc(C(=O)O)n2)c(C)n1. The summed E-state index contributed by atoms with van der Waals surface area (Å²) in [6, 6.07) is 0.774. The zero-order valence-electron chi connectivity index (χ0n) is 12.8. The highest BCUT2D eigenvalue weighted by Gasteiger charge is 2.18. The van der Waals surface area contributed by atoms with Crippen molar-refractivity contribution in [3.63, 3.8) is 0 Å². The van der Waals surface area contributed by atoms with Crippen molar-refractivity contribution in [1.82, 2.24) is 24.9 Å². The second kappa shape index (κ2) is 6.42. The van der Waals surface area contributed by atoms with E-state index in [1.165, 1.54) is 16.9 Å². The molecule has 0 saturated heterocycles. The van der Waals surface area contributed by atoms with E-state index < -0.39 is 12.0 Å². The van der Waals surface area contributed by atoms with Gasteiger partial charge in [0.15, 0.2) is 5.69 Å². The predicted molar refractivity (Wildman–Crippen MR) is 78.4 cm³/mol. The molecule has 2 rings (SSSR count). The molecule has 0 aliphatic heterocycles. The molecular weight excluding hydrogens is 286 g/mol. The molecule has 2 aromatic heterocycles. The summed E-state index contributed by atoms with van der Waals surface area (Å²) < 4.78 is 3.15. The maximum atomic E-state index is 12.1. The van der Waals surface area contributed by atoms with Gasteiger partial charge in [0, 0.05) is 31.0 Å². The van der Waals surface area contributed by atoms with Crippen LogP contribution in [0.4, 0.5) is 0 Å². The quantitative estimate of drug-likeness (QED) is 0.828. The number of carbonyl (C=O) groups excluding carboxylic acids is 1. The fourth-order valence-electron chi connectivity index (χ4n) is 2.01. The average molecular weight is 305 g/mol. The number of carbonyl (C=O) groups is 2. The van der Waals surface area contributed by atoms with E-state index in [-0.39, 0.29) is 11.6 Å². The summed E-state index contributed by atoms with van der Waals surface area (Å²) in [4.78, 5) is 22.9. The van der Waals surface area contributed by atoms with Gasteiger partial charge in [0.05, 0.1) is 5.69 Å². The number of aromatic carboxylic acids is 1. The third kappa shape index (κ3) is 3.33. The van der Waals surface area contributed by atoms with Gasteiger partial charge in [-0.05, 0) is 26.8 Å². The van der Waals surface area contributed by atoms with Gasteiger partial charge in [-0.2, -0.15) is 10.2 Å². The van der Waals surface area contributed by atoms with E-state index in [2.05, 4.69) is 15.5 Å². The number of nitrogens with one attached hydrogen (secondary N) is 1. The summed E-state index contributed by atoms with van der Waals surface area (Å²) in [6.45, 7) is 6.70. The van der Waals surface area contributed by atoms with Crippen LogP contribution in [0, 0.1) is 6.92 Å². The molecule has 0 spiro atoms. The largest absolute Gasteiger partial charge is 0.476 e. The van der Waals surface area contributed by atoms with Gasteiger partial charge in [-0.25, -0.2) is 4.79 Å². The molecule has 0 aliphatic rings. The van der Waals surface area contributed by atoms with Crippen molar-refractivity contribution < 1.29 is 14.7 Å². The molecule has 1 amide bonds. The standard InChI is InChI=1S/C14H19N5O3/c1-4-18-8-11(9(2)16-18)7-15-13(20)10(3)19-6-5-12(17-19)14(21)22/h5-6,8,10H,4,7H2,1-3H3,(H,15,20)(H,21,22). The fraction of sp³-hybridized carbons (Fsp3) is 0.429. The van der Waals surface area contributed by atoms with Crippen molar-refractivity contribution >= 4 is 11.9 Å². The Morgan fingerprint density at radius 1 is 1.41 bits per heavy atom. The second-order valence-corrected chi connectivity index (χ2v) is 4.98. The van der Waals surface area contributed by atoms with Gasteiger partial charge in [0.25, 0.3) is 0 Å². The summed E-state index contributed by atoms with van der Waals surface area (Å²) in [7, 11) is 0. The third-order valence-electron chi connectivity index (χ3n) is 3.43. The summed E-state index contributed by atoms with van der Waals surface area (Å²) in [5.74, 6) is -1.35. The Labute approximate surface area is 127 Å². The molecule has 1 atom stereocenters. The first kappa shape index (κ1) is 15.7. The minimum Gasteiger partial charge on any atom is -0.476 e. The number of hydrogen-bond acceptors (Lipinski definition) is 4. The van der Waals surface area contributed by atoms with Gasteiger partial charge in [0.1, 0.15) is 6.04 Å². The minimum absolute atomic E-state index is 0.0836. The lowest BCUT2D eigenvalue weighted by atomic mass is 10.2. The zero-order chi connectivity index (χ0) is 16.3. The molecule has 8 heteroatoms. The maximum absolute atomic E-state index is 12.1. The van der Waals surface area contributed by atoms with Crippen molar-refractivity contribution in [2.24, 2.45) is 0 Å². The van der Waals surface area contributed by atoms with E-state index >= 15 is 0 Å². The van der Waals surface area contributed by atoms with E-state index in [4.69, 9.17) is 5.11 Å². The first-order valence-corrected chi connectivity index (χ1v) is 7.01. The second-order valence-electron chi connectivity index (χ2n) is 4.98. The van der Waals surface area contributed by atoms with E-state index in [0.29, 0.717) is 6.54 Å². The number of aromatic nitrogens is 4. The van der Waals surface area contributed by atoms with Gasteiger partial charge in [-0.3, -0.25) is 14.2 Å². The molecule has 0 saturated carbocycles. The number of nitrogens with zero attached hydrogens (tertiary/aromatic N) is 4. The fourth-order valence-corrected chi connectivity index (χ4v) is 2.01. The molecule has 1 unspecified atom stereocenters. The summed E-state index contributed by atoms with van der Waals surface area (Å²) in [5.41, 5.74) is 1.75. The third-order valence-corrected chi connectivity index (χ3v) is 3.43. The number of aryl methyl sites for hydroxylation is 2. The first-order valence-electron chi connectivity index (χ1n) is 7.01. The van der Waals surface area contributed by atoms with Crippen LogP contribution in [0.1, 0.15) is 41.6 Å². The number of carboxylic acid groups (broad SMARTS) is 1. The molecule has 0 aromatic carbocycles. The van der Waals surface area contributed by atoms with Crippen molar-refractivity contribution in [3.8, 4) is 0 Å². The molecule has 118 valence electrons. The Kier molecular flexibility index (Phi) is 4.59. The Morgan fingerprint density at radius 2 is 2.14 bits per heavy atom. The van der Waals surface area contributed by atoms with Crippen molar-refractivity contribution in [3.05, 3.63) is 35.4 Å². The topological polar surface area (TPSA) is 102 Å². The number of amides is 1. The van der Waals surface area contributed by atoms with Crippen molar-refractivity contribution in [1.29, 1.82) is 0 Å². The molecule has 8 nitrogen and oxygen atoms in total. The summed E-state index contributed by atoms with van der Waals surface area (Å²) in [5, 5.41) is 19.8. The van der Waals surface area contributed by atoms with E-state index in [9.17, 15) is 9.59 Å². The Balaban J connectivity index is 1.98. The van der Waals surface area contributed by atoms with E-state index in [1.807, 2.05) is 24.7 Å². The maximum Gasteiger partial charge on any atom is 0.356 e. The van der Waals surface area contributed by atoms with Gasteiger partial charge in [0.2, 0.25) is 5.91 Å². The molecule has 2 heterocycles. The first-order chi connectivity index (χ1) is 10.4. The Hall–Kier alpha value is -2.64. The van der Waals surface area contributed by atoms with Gasteiger partial charge >= 0.3 is 5.97 Å². The van der Waals surface area contributed by atoms with Crippen LogP contribution in [-0.2, 0) is 17.9 Å². The Bertz CT molecular complexity index is 688. The van der Waals surface area contributed by atoms with Crippen LogP contribution in [-0.4, -0.2) is 36.5 Å². The highest BCUT2D eigenvalue weighted by atomic mass is 16.4. The lowest BCUT2D eigenvalue weighted by molar-refractivity contribution is -0.124. The molecule has 0 fully saturated rings. The molecule has 2 aromatic rings. The van der Waals surface area contributed by atoms with E-state index in [1.54, 1.807) is 6.92 Å². The number of rotatable bonds is 6. The average Bonchev–Trinajstić information content (AvgIpc) is 3.10. The number of hydrogen-bond donors (Lipinski definition) is 2. The highest BCUT2D eigenvalue weighted by molar-refractivity contribution is 5.85. The molecule has 0 radical (unpaired) electrons.